The van der Waals surface area contributed by atoms with Crippen LogP contribution in [0.3, 0.4) is 0 Å². The molecule has 4 rings (SSSR count). The molecule has 2 fully saturated rings. The number of piperidine rings is 1. The van der Waals surface area contributed by atoms with Crippen LogP contribution in [0.4, 0.5) is 13.6 Å². The van der Waals surface area contributed by atoms with Gasteiger partial charge in [0.2, 0.25) is 11.8 Å². The lowest BCUT2D eigenvalue weighted by molar-refractivity contribution is -0.133. The number of likely N-dealkylation sites (N-methyl/N-ethyl adjacent to an activating group) is 1. The third-order valence-electron chi connectivity index (χ3n) is 9.32. The van der Waals surface area contributed by atoms with Gasteiger partial charge >= 0.3 is 6.09 Å². The summed E-state index contributed by atoms with van der Waals surface area (Å²) in [6, 6.07) is 15.1. The molecule has 2 amide bonds. The average molecular weight is 670 g/mol. The largest absolute Gasteiger partial charge is 0.465 e. The summed E-state index contributed by atoms with van der Waals surface area (Å²) in [4.78, 5) is 31.8. The smallest absolute Gasteiger partial charge is 0.408 e. The molecule has 2 aromatic carbocycles. The maximum atomic E-state index is 13.9. The fraction of sp³-hybridized carbons (Fsp3) is 0.576. The highest BCUT2D eigenvalue weighted by atomic mass is 35.5. The normalized spacial score (nSPS) is 19.2. The van der Waals surface area contributed by atoms with Gasteiger partial charge in [-0.25, -0.2) is 22.0 Å². The van der Waals surface area contributed by atoms with Crippen LogP contribution in [-0.2, 0) is 21.1 Å². The number of likely N-dealkylation sites (tertiary alicyclic amines) is 1. The lowest BCUT2D eigenvalue weighted by Crippen LogP contribution is -2.51. The quantitative estimate of drug-likeness (QED) is 0.296. The molecule has 1 aliphatic carbocycles. The molecule has 1 N–H and O–H groups in total. The Bertz CT molecular complexity index is 1360. The molecule has 0 radical (unpaired) electrons. The van der Waals surface area contributed by atoms with E-state index in [2.05, 4.69) is 11.8 Å². The predicted molar refractivity (Wildman–Crippen MR) is 173 cm³/mol. The number of halogens is 3. The van der Waals surface area contributed by atoms with Crippen LogP contribution >= 0.6 is 12.4 Å². The van der Waals surface area contributed by atoms with E-state index < -0.39 is 33.9 Å². The maximum Gasteiger partial charge on any atom is 0.408 e. The Labute approximate surface area is 272 Å². The molecule has 1 saturated heterocycles. The first kappa shape index (κ1) is 36.7. The molecule has 1 heterocycles. The van der Waals surface area contributed by atoms with Crippen molar-refractivity contribution in [3.63, 3.8) is 0 Å². The van der Waals surface area contributed by atoms with Gasteiger partial charge in [0, 0.05) is 56.9 Å². The summed E-state index contributed by atoms with van der Waals surface area (Å²) in [6.07, 6.45) is 2.07. The zero-order chi connectivity index (χ0) is 32.1. The number of amides is 2. The van der Waals surface area contributed by atoms with Crippen LogP contribution in [-0.4, -0.2) is 90.2 Å². The number of hydrogen-bond acceptors (Lipinski definition) is 5. The highest BCUT2D eigenvalue weighted by Gasteiger charge is 2.41. The van der Waals surface area contributed by atoms with Crippen molar-refractivity contribution in [2.75, 3.05) is 25.9 Å². The van der Waals surface area contributed by atoms with E-state index >= 15 is 0 Å². The van der Waals surface area contributed by atoms with Crippen molar-refractivity contribution >= 4 is 34.2 Å². The summed E-state index contributed by atoms with van der Waals surface area (Å²) in [7, 11) is -3.30. The first-order chi connectivity index (χ1) is 20.8. The number of hydrogen-bond donors (Lipinski definition) is 1. The van der Waals surface area contributed by atoms with E-state index in [-0.39, 0.29) is 67.4 Å². The van der Waals surface area contributed by atoms with Crippen molar-refractivity contribution in [1.82, 2.24) is 14.7 Å². The minimum atomic E-state index is -3.30. The van der Waals surface area contributed by atoms with E-state index in [0.29, 0.717) is 13.0 Å². The maximum absolute atomic E-state index is 13.9. The van der Waals surface area contributed by atoms with Crippen LogP contribution in [0.5, 0.6) is 0 Å². The van der Waals surface area contributed by atoms with E-state index in [4.69, 9.17) is 0 Å². The van der Waals surface area contributed by atoms with E-state index in [1.807, 2.05) is 42.2 Å². The predicted octanol–water partition coefficient (Wildman–Crippen LogP) is 6.45. The zero-order valence-corrected chi connectivity index (χ0v) is 27.9. The number of sulfone groups is 1. The third kappa shape index (κ3) is 9.62. The summed E-state index contributed by atoms with van der Waals surface area (Å²) < 4.78 is 51.4. The van der Waals surface area contributed by atoms with Crippen LogP contribution in [0.15, 0.2) is 59.5 Å². The van der Waals surface area contributed by atoms with E-state index in [0.717, 1.165) is 43.3 Å². The average Bonchev–Trinajstić information content (AvgIpc) is 2.98. The fourth-order valence-corrected chi connectivity index (χ4v) is 7.44. The number of alkyl halides is 2. The second-order valence-electron chi connectivity index (χ2n) is 12.3. The first-order valence-corrected chi connectivity index (χ1v) is 17.4. The van der Waals surface area contributed by atoms with Crippen LogP contribution in [0.2, 0.25) is 0 Å². The summed E-state index contributed by atoms with van der Waals surface area (Å²) in [5.74, 6) is -2.73. The second-order valence-corrected chi connectivity index (χ2v) is 14.3. The molecule has 8 nitrogen and oxygen atoms in total. The van der Waals surface area contributed by atoms with Gasteiger partial charge in [-0.2, -0.15) is 0 Å². The molecule has 250 valence electrons. The van der Waals surface area contributed by atoms with Crippen molar-refractivity contribution in [2.24, 2.45) is 0 Å². The molecular weight excluding hydrogens is 624 g/mol. The van der Waals surface area contributed by atoms with Crippen LogP contribution in [0.25, 0.3) is 0 Å². The van der Waals surface area contributed by atoms with Gasteiger partial charge in [0.1, 0.15) is 0 Å². The highest BCUT2D eigenvalue weighted by molar-refractivity contribution is 7.90. The molecule has 1 aliphatic heterocycles. The molecular formula is C33H46ClF2N3O5S. The summed E-state index contributed by atoms with van der Waals surface area (Å²) in [6.45, 7) is 6.14. The van der Waals surface area contributed by atoms with Crippen molar-refractivity contribution in [2.45, 2.75) is 100 Å². The second kappa shape index (κ2) is 15.7. The molecule has 0 bridgehead atoms. The van der Waals surface area contributed by atoms with Gasteiger partial charge in [-0.1, -0.05) is 42.5 Å². The van der Waals surface area contributed by atoms with Gasteiger partial charge < -0.3 is 14.9 Å². The first-order valence-electron chi connectivity index (χ1n) is 15.6. The van der Waals surface area contributed by atoms with Gasteiger partial charge in [-0.15, -0.1) is 12.4 Å². The Kier molecular flexibility index (Phi) is 12.8. The number of nitrogens with zero attached hydrogens (tertiary/aromatic N) is 3. The summed E-state index contributed by atoms with van der Waals surface area (Å²) in [5, 5.41) is 10.3. The van der Waals surface area contributed by atoms with Gasteiger partial charge in [-0.05, 0) is 69.2 Å². The number of carbonyl (C=O) groups is 2. The molecule has 0 spiro atoms. The molecule has 12 heteroatoms. The minimum Gasteiger partial charge on any atom is -0.465 e. The van der Waals surface area contributed by atoms with Gasteiger partial charge in [-0.3, -0.25) is 9.69 Å². The number of carbonyl (C=O) groups excluding carboxylic acids is 1. The monoisotopic (exact) mass is 669 g/mol. The number of carboxylic acid groups (broad SMARTS) is 1. The Hall–Kier alpha value is -2.76. The van der Waals surface area contributed by atoms with Crippen molar-refractivity contribution in [3.05, 3.63) is 65.7 Å². The lowest BCUT2D eigenvalue weighted by Gasteiger charge is -2.44. The van der Waals surface area contributed by atoms with E-state index in [9.17, 15) is 31.9 Å². The number of benzene rings is 2. The Morgan fingerprint density at radius 2 is 1.56 bits per heavy atom. The minimum absolute atomic E-state index is 0. The van der Waals surface area contributed by atoms with Crippen molar-refractivity contribution in [3.8, 4) is 0 Å². The Morgan fingerprint density at radius 3 is 2.07 bits per heavy atom. The van der Waals surface area contributed by atoms with E-state index in [1.54, 1.807) is 12.1 Å². The highest BCUT2D eigenvalue weighted by Crippen LogP contribution is 2.39. The lowest BCUT2D eigenvalue weighted by atomic mass is 9.88. The summed E-state index contributed by atoms with van der Waals surface area (Å²) in [5.41, 5.74) is 1.63. The van der Waals surface area contributed by atoms with Gasteiger partial charge in [0.25, 0.3) is 0 Å². The molecule has 0 aromatic heterocycles. The van der Waals surface area contributed by atoms with Crippen molar-refractivity contribution < 1.29 is 31.9 Å². The Balaban J connectivity index is 0.00000552. The van der Waals surface area contributed by atoms with Crippen LogP contribution < -0.4 is 0 Å². The summed E-state index contributed by atoms with van der Waals surface area (Å²) >= 11 is 0. The van der Waals surface area contributed by atoms with Gasteiger partial charge in [0.05, 0.1) is 17.4 Å². The molecule has 1 unspecified atom stereocenters. The van der Waals surface area contributed by atoms with Crippen LogP contribution in [0, 0.1) is 0 Å². The van der Waals surface area contributed by atoms with E-state index in [1.165, 1.54) is 17.0 Å². The number of rotatable bonds is 11. The zero-order valence-electron chi connectivity index (χ0n) is 26.3. The molecule has 2 aliphatic rings. The molecule has 2 aromatic rings. The molecule has 2 atom stereocenters. The fourth-order valence-electron chi connectivity index (χ4n) is 6.81. The Morgan fingerprint density at radius 1 is 0.978 bits per heavy atom. The molecule has 45 heavy (non-hydrogen) atoms. The third-order valence-corrected chi connectivity index (χ3v) is 10.4. The topological polar surface area (TPSA) is 98.2 Å². The van der Waals surface area contributed by atoms with Gasteiger partial charge in [0.15, 0.2) is 9.84 Å². The SMILES string of the molecule is CCN(C(=O)Cc1ccc(S(C)(=O)=O)cc1)C1CCN(C(C)C[C@@H](c2ccccc2)N(C(=O)O)C2CCC(F)(F)CC2)CC1.Cl. The standard InChI is InChI=1S/C33H45F2N3O5S.ClH/c1-4-37(31(39)23-25-10-12-29(13-11-25)44(3,42)43)27-16-20-36(21-17-27)24(2)22-30(26-8-6-5-7-9-26)38(32(40)41)28-14-18-33(34,35)19-15-28;/h5-13,24,27-28,30H,4,14-23H2,1-3H3,(H,40,41);1H/t24?,30-;/m0./s1. The van der Waals surface area contributed by atoms with Crippen molar-refractivity contribution in [1.29, 1.82) is 0 Å². The van der Waals surface area contributed by atoms with Crippen LogP contribution in [0.1, 0.15) is 76.0 Å². The molecule has 1 saturated carbocycles.